The molecule has 17 heavy (non-hydrogen) atoms. The molecule has 3 atom stereocenters. The number of ether oxygens (including phenoxy) is 2. The largest absolute Gasteiger partial charge is 0.484 e. The van der Waals surface area contributed by atoms with Crippen LogP contribution in [0.2, 0.25) is 0 Å². The van der Waals surface area contributed by atoms with Gasteiger partial charge in [-0.05, 0) is 25.1 Å². The minimum Gasteiger partial charge on any atom is -0.484 e. The van der Waals surface area contributed by atoms with Gasteiger partial charge in [-0.15, -0.1) is 0 Å². The molecule has 1 aromatic carbocycles. The van der Waals surface area contributed by atoms with E-state index in [0.717, 1.165) is 6.42 Å². The highest BCUT2D eigenvalue weighted by atomic mass is 19.1. The van der Waals surface area contributed by atoms with Crippen LogP contribution in [-0.2, 0) is 4.74 Å². The average molecular weight is 238 g/mol. The first kappa shape index (κ1) is 11.0. The lowest BCUT2D eigenvalue weighted by Gasteiger charge is -2.39. The fraction of sp³-hybridized carbons (Fsp3) is 0.538. The molecule has 92 valence electrons. The Kier molecular flexibility index (Phi) is 2.38. The van der Waals surface area contributed by atoms with Crippen LogP contribution in [0.15, 0.2) is 18.2 Å². The minimum absolute atomic E-state index is 0.0460. The first-order valence-electron chi connectivity index (χ1n) is 5.89. The lowest BCUT2D eigenvalue weighted by molar-refractivity contribution is -0.0566. The van der Waals surface area contributed by atoms with Gasteiger partial charge in [0, 0.05) is 18.4 Å². The Morgan fingerprint density at radius 2 is 2.29 bits per heavy atom. The SMILES string of the molecule is CC1OCCC12C[C@@H](O)c1cc(F)ccc1O2. The van der Waals surface area contributed by atoms with E-state index in [9.17, 15) is 9.50 Å². The van der Waals surface area contributed by atoms with Crippen molar-refractivity contribution in [1.82, 2.24) is 0 Å². The van der Waals surface area contributed by atoms with Crippen molar-refractivity contribution in [1.29, 1.82) is 0 Å². The number of aliphatic hydroxyl groups excluding tert-OH is 1. The van der Waals surface area contributed by atoms with Crippen molar-refractivity contribution in [3.63, 3.8) is 0 Å². The Balaban J connectivity index is 2.01. The van der Waals surface area contributed by atoms with Crippen molar-refractivity contribution in [2.24, 2.45) is 0 Å². The number of fused-ring (bicyclic) bond motifs is 1. The smallest absolute Gasteiger partial charge is 0.140 e. The highest BCUT2D eigenvalue weighted by Gasteiger charge is 2.48. The highest BCUT2D eigenvalue weighted by Crippen LogP contribution is 2.45. The fourth-order valence-electron chi connectivity index (χ4n) is 2.74. The van der Waals surface area contributed by atoms with Crippen LogP contribution in [-0.4, -0.2) is 23.4 Å². The monoisotopic (exact) mass is 238 g/mol. The number of halogens is 1. The average Bonchev–Trinajstić information content (AvgIpc) is 2.62. The van der Waals surface area contributed by atoms with Crippen molar-refractivity contribution in [3.8, 4) is 5.75 Å². The predicted octanol–water partition coefficient (Wildman–Crippen LogP) is 2.19. The van der Waals surface area contributed by atoms with Gasteiger partial charge in [0.25, 0.3) is 0 Å². The van der Waals surface area contributed by atoms with Crippen LogP contribution in [0, 0.1) is 5.82 Å². The second-order valence-corrected chi connectivity index (χ2v) is 4.83. The third kappa shape index (κ3) is 1.63. The maximum atomic E-state index is 13.1. The van der Waals surface area contributed by atoms with Crippen molar-refractivity contribution < 1.29 is 19.0 Å². The van der Waals surface area contributed by atoms with Gasteiger partial charge in [-0.25, -0.2) is 4.39 Å². The summed E-state index contributed by atoms with van der Waals surface area (Å²) >= 11 is 0. The topological polar surface area (TPSA) is 38.7 Å². The lowest BCUT2D eigenvalue weighted by atomic mass is 9.84. The number of rotatable bonds is 0. The molecule has 3 nitrogen and oxygen atoms in total. The third-order valence-electron chi connectivity index (χ3n) is 3.82. The summed E-state index contributed by atoms with van der Waals surface area (Å²) in [6, 6.07) is 4.28. The second kappa shape index (κ2) is 3.68. The summed E-state index contributed by atoms with van der Waals surface area (Å²) in [6.45, 7) is 2.60. The van der Waals surface area contributed by atoms with Crippen LogP contribution in [0.3, 0.4) is 0 Å². The Bertz CT molecular complexity index is 448. The van der Waals surface area contributed by atoms with E-state index in [-0.39, 0.29) is 11.9 Å². The van der Waals surface area contributed by atoms with Crippen molar-refractivity contribution in [3.05, 3.63) is 29.6 Å². The van der Waals surface area contributed by atoms with Gasteiger partial charge in [0.2, 0.25) is 0 Å². The zero-order valence-electron chi connectivity index (χ0n) is 9.65. The molecule has 0 aromatic heterocycles. The maximum Gasteiger partial charge on any atom is 0.140 e. The predicted molar refractivity (Wildman–Crippen MR) is 59.4 cm³/mol. The molecule has 1 N–H and O–H groups in total. The molecule has 0 amide bonds. The van der Waals surface area contributed by atoms with Gasteiger partial charge in [0.05, 0.1) is 18.8 Å². The van der Waals surface area contributed by atoms with Gasteiger partial charge in [-0.2, -0.15) is 0 Å². The van der Waals surface area contributed by atoms with Gasteiger partial charge in [0.1, 0.15) is 17.2 Å². The van der Waals surface area contributed by atoms with Crippen LogP contribution in [0.1, 0.15) is 31.4 Å². The Morgan fingerprint density at radius 3 is 3.00 bits per heavy atom. The third-order valence-corrected chi connectivity index (χ3v) is 3.82. The maximum absolute atomic E-state index is 13.1. The van der Waals surface area contributed by atoms with E-state index in [4.69, 9.17) is 9.47 Å². The van der Waals surface area contributed by atoms with Gasteiger partial charge < -0.3 is 14.6 Å². The first-order valence-corrected chi connectivity index (χ1v) is 5.89. The Hall–Kier alpha value is -1.13. The van der Waals surface area contributed by atoms with Crippen LogP contribution >= 0.6 is 0 Å². The number of hydrogen-bond donors (Lipinski definition) is 1. The molecular weight excluding hydrogens is 223 g/mol. The molecule has 4 heteroatoms. The molecule has 1 fully saturated rings. The second-order valence-electron chi connectivity index (χ2n) is 4.83. The minimum atomic E-state index is -0.682. The van der Waals surface area contributed by atoms with Gasteiger partial charge in [0.15, 0.2) is 0 Å². The van der Waals surface area contributed by atoms with E-state index in [1.165, 1.54) is 12.1 Å². The fourth-order valence-corrected chi connectivity index (χ4v) is 2.74. The van der Waals surface area contributed by atoms with Crippen LogP contribution in [0.25, 0.3) is 0 Å². The highest BCUT2D eigenvalue weighted by molar-refractivity contribution is 5.39. The zero-order chi connectivity index (χ0) is 12.0. The standard InChI is InChI=1S/C13H15FO3/c1-8-13(4-5-16-8)7-11(15)10-6-9(14)2-3-12(10)17-13/h2-3,6,8,11,15H,4-5,7H2,1H3/t8?,11-,13?/m1/s1. The molecular formula is C13H15FO3. The molecule has 2 heterocycles. The van der Waals surface area contributed by atoms with Gasteiger partial charge in [-0.1, -0.05) is 0 Å². The molecule has 2 aliphatic rings. The molecule has 0 bridgehead atoms. The van der Waals surface area contributed by atoms with Gasteiger partial charge >= 0.3 is 0 Å². The first-order chi connectivity index (χ1) is 8.11. The Morgan fingerprint density at radius 1 is 1.47 bits per heavy atom. The number of hydrogen-bond acceptors (Lipinski definition) is 3. The van der Waals surface area contributed by atoms with Crippen molar-refractivity contribution in [2.45, 2.75) is 37.6 Å². The normalized spacial score (nSPS) is 35.7. The van der Waals surface area contributed by atoms with Crippen molar-refractivity contribution >= 4 is 0 Å². The van der Waals surface area contributed by atoms with Crippen LogP contribution in [0.4, 0.5) is 4.39 Å². The molecule has 2 aliphatic heterocycles. The summed E-state index contributed by atoms with van der Waals surface area (Å²) in [6.07, 6.45) is 0.501. The molecule has 0 saturated carbocycles. The van der Waals surface area contributed by atoms with E-state index in [1.807, 2.05) is 6.92 Å². The number of benzene rings is 1. The van der Waals surface area contributed by atoms with E-state index >= 15 is 0 Å². The van der Waals surface area contributed by atoms with E-state index in [1.54, 1.807) is 6.07 Å². The van der Waals surface area contributed by atoms with Gasteiger partial charge in [-0.3, -0.25) is 0 Å². The lowest BCUT2D eigenvalue weighted by Crippen LogP contribution is -2.46. The van der Waals surface area contributed by atoms with E-state index < -0.39 is 11.7 Å². The summed E-state index contributed by atoms with van der Waals surface area (Å²) in [4.78, 5) is 0. The molecule has 2 unspecified atom stereocenters. The summed E-state index contributed by atoms with van der Waals surface area (Å²) in [5.41, 5.74) is 0.0827. The summed E-state index contributed by atoms with van der Waals surface area (Å²) in [5, 5.41) is 10.1. The molecule has 1 aromatic rings. The zero-order valence-corrected chi connectivity index (χ0v) is 9.65. The van der Waals surface area contributed by atoms with E-state index in [2.05, 4.69) is 0 Å². The van der Waals surface area contributed by atoms with Crippen LogP contribution in [0.5, 0.6) is 5.75 Å². The quantitative estimate of drug-likeness (QED) is 0.753. The summed E-state index contributed by atoms with van der Waals surface area (Å²) in [7, 11) is 0. The molecule has 1 spiro atoms. The summed E-state index contributed by atoms with van der Waals surface area (Å²) < 4.78 is 24.6. The van der Waals surface area contributed by atoms with E-state index in [0.29, 0.717) is 24.3 Å². The summed E-state index contributed by atoms with van der Waals surface area (Å²) in [5.74, 6) is 0.223. The number of aliphatic hydroxyl groups is 1. The van der Waals surface area contributed by atoms with Crippen molar-refractivity contribution in [2.75, 3.05) is 6.61 Å². The molecule has 0 radical (unpaired) electrons. The Labute approximate surface area is 99.2 Å². The molecule has 1 saturated heterocycles. The van der Waals surface area contributed by atoms with Crippen LogP contribution < -0.4 is 4.74 Å². The molecule has 0 aliphatic carbocycles. The molecule has 3 rings (SSSR count).